The Morgan fingerprint density at radius 3 is 2.19 bits per heavy atom. The van der Waals surface area contributed by atoms with Crippen molar-refractivity contribution in [1.82, 2.24) is 0 Å². The zero-order valence-corrected chi connectivity index (χ0v) is 13.6. The minimum atomic E-state index is -0.282. The average molecular weight is 307 g/mol. The average Bonchev–Trinajstić information content (AvgIpc) is 3.01. The molecule has 114 valence electrons. The maximum absolute atomic E-state index is 6.49. The van der Waals surface area contributed by atoms with Gasteiger partial charge in [0.25, 0.3) is 0 Å². The summed E-state index contributed by atoms with van der Waals surface area (Å²) in [4.78, 5) is 1.14. The van der Waals surface area contributed by atoms with E-state index in [0.29, 0.717) is 17.2 Å². The predicted octanol–water partition coefficient (Wildman–Crippen LogP) is 3.38. The van der Waals surface area contributed by atoms with E-state index in [2.05, 4.69) is 18.4 Å². The molecule has 5 heteroatoms. The molecule has 0 spiro atoms. The molecule has 0 amide bonds. The van der Waals surface area contributed by atoms with Crippen molar-refractivity contribution in [3.05, 3.63) is 39.6 Å². The Labute approximate surface area is 129 Å². The van der Waals surface area contributed by atoms with Gasteiger partial charge < -0.3 is 19.9 Å². The number of ether oxygens (including phenoxy) is 3. The maximum Gasteiger partial charge on any atom is 0.131 e. The highest BCUT2D eigenvalue weighted by atomic mass is 32.1. The second kappa shape index (κ2) is 6.83. The van der Waals surface area contributed by atoms with E-state index in [1.807, 2.05) is 12.1 Å². The monoisotopic (exact) mass is 307 g/mol. The van der Waals surface area contributed by atoms with Crippen LogP contribution in [0, 0.1) is 0 Å². The summed E-state index contributed by atoms with van der Waals surface area (Å²) in [6.07, 6.45) is 0.952. The Bertz CT molecular complexity index is 584. The largest absolute Gasteiger partial charge is 0.496 e. The van der Waals surface area contributed by atoms with Gasteiger partial charge in [0.2, 0.25) is 0 Å². The van der Waals surface area contributed by atoms with E-state index in [0.717, 1.165) is 16.9 Å². The molecule has 2 N–H and O–H groups in total. The van der Waals surface area contributed by atoms with Crippen LogP contribution >= 0.6 is 11.3 Å². The van der Waals surface area contributed by atoms with Gasteiger partial charge in [-0.1, -0.05) is 6.92 Å². The van der Waals surface area contributed by atoms with Gasteiger partial charge in [-0.05, 0) is 23.4 Å². The molecule has 0 saturated carbocycles. The van der Waals surface area contributed by atoms with Gasteiger partial charge in [0.1, 0.15) is 17.2 Å². The summed E-state index contributed by atoms with van der Waals surface area (Å²) in [5.41, 5.74) is 8.59. The zero-order chi connectivity index (χ0) is 15.4. The lowest BCUT2D eigenvalue weighted by molar-refractivity contribution is 0.366. The van der Waals surface area contributed by atoms with Crippen molar-refractivity contribution < 1.29 is 14.2 Å². The van der Waals surface area contributed by atoms with Crippen LogP contribution in [0.4, 0.5) is 0 Å². The third-order valence-electron chi connectivity index (χ3n) is 3.51. The lowest BCUT2D eigenvalue weighted by Gasteiger charge is -2.20. The number of hydrogen-bond acceptors (Lipinski definition) is 5. The van der Waals surface area contributed by atoms with E-state index in [1.54, 1.807) is 32.7 Å². The zero-order valence-electron chi connectivity index (χ0n) is 12.8. The van der Waals surface area contributed by atoms with Crippen molar-refractivity contribution in [3.8, 4) is 17.2 Å². The van der Waals surface area contributed by atoms with E-state index in [-0.39, 0.29) is 6.04 Å². The quantitative estimate of drug-likeness (QED) is 0.889. The number of aryl methyl sites for hydroxylation is 1. The van der Waals surface area contributed by atoms with Gasteiger partial charge in [-0.15, -0.1) is 11.3 Å². The van der Waals surface area contributed by atoms with Crippen molar-refractivity contribution in [2.24, 2.45) is 5.73 Å². The van der Waals surface area contributed by atoms with Gasteiger partial charge in [-0.2, -0.15) is 0 Å². The summed E-state index contributed by atoms with van der Waals surface area (Å²) >= 11 is 1.66. The molecule has 2 aromatic rings. The van der Waals surface area contributed by atoms with Gasteiger partial charge in [0.15, 0.2) is 0 Å². The van der Waals surface area contributed by atoms with E-state index in [4.69, 9.17) is 19.9 Å². The SMILES string of the molecule is CCc1ccsc1C(N)c1c(OC)cc(OC)cc1OC. The van der Waals surface area contributed by atoms with Crippen molar-refractivity contribution in [2.45, 2.75) is 19.4 Å². The highest BCUT2D eigenvalue weighted by molar-refractivity contribution is 7.10. The Morgan fingerprint density at radius 1 is 1.10 bits per heavy atom. The Morgan fingerprint density at radius 2 is 1.71 bits per heavy atom. The summed E-state index contributed by atoms with van der Waals surface area (Å²) < 4.78 is 16.2. The molecule has 1 aromatic carbocycles. The first-order valence-corrected chi connectivity index (χ1v) is 7.65. The van der Waals surface area contributed by atoms with Gasteiger partial charge >= 0.3 is 0 Å². The maximum atomic E-state index is 6.49. The molecule has 0 radical (unpaired) electrons. The van der Waals surface area contributed by atoms with Crippen molar-refractivity contribution in [1.29, 1.82) is 0 Å². The normalized spacial score (nSPS) is 12.0. The molecule has 4 nitrogen and oxygen atoms in total. The molecule has 2 rings (SSSR count). The van der Waals surface area contributed by atoms with Crippen LogP contribution in [0.25, 0.3) is 0 Å². The topological polar surface area (TPSA) is 53.7 Å². The van der Waals surface area contributed by atoms with Gasteiger partial charge in [-0.25, -0.2) is 0 Å². The minimum Gasteiger partial charge on any atom is -0.496 e. The number of methoxy groups -OCH3 is 3. The first kappa shape index (κ1) is 15.7. The fourth-order valence-corrected chi connectivity index (χ4v) is 3.39. The highest BCUT2D eigenvalue weighted by Crippen LogP contribution is 2.41. The number of hydrogen-bond donors (Lipinski definition) is 1. The lowest BCUT2D eigenvalue weighted by Crippen LogP contribution is -2.14. The van der Waals surface area contributed by atoms with Crippen LogP contribution in [0.1, 0.15) is 29.0 Å². The van der Waals surface area contributed by atoms with Crippen LogP contribution in [0.5, 0.6) is 17.2 Å². The van der Waals surface area contributed by atoms with Crippen LogP contribution in [-0.4, -0.2) is 21.3 Å². The third kappa shape index (κ3) is 2.99. The molecule has 1 aromatic heterocycles. The molecular formula is C16H21NO3S. The molecule has 0 saturated heterocycles. The lowest BCUT2D eigenvalue weighted by atomic mass is 10.00. The molecule has 0 aliphatic rings. The molecule has 1 atom stereocenters. The van der Waals surface area contributed by atoms with Crippen molar-refractivity contribution >= 4 is 11.3 Å². The summed E-state index contributed by atoms with van der Waals surface area (Å²) in [7, 11) is 4.86. The number of thiophene rings is 1. The molecule has 0 aliphatic carbocycles. The van der Waals surface area contributed by atoms with Crippen LogP contribution < -0.4 is 19.9 Å². The fourth-order valence-electron chi connectivity index (χ4n) is 2.38. The molecule has 1 unspecified atom stereocenters. The van der Waals surface area contributed by atoms with E-state index in [9.17, 15) is 0 Å². The third-order valence-corrected chi connectivity index (χ3v) is 4.55. The second-order valence-corrected chi connectivity index (χ2v) is 5.53. The van der Waals surface area contributed by atoms with Crippen molar-refractivity contribution in [2.75, 3.05) is 21.3 Å². The van der Waals surface area contributed by atoms with Crippen LogP contribution in [-0.2, 0) is 6.42 Å². The smallest absolute Gasteiger partial charge is 0.131 e. The Balaban J connectivity index is 2.56. The van der Waals surface area contributed by atoms with E-state index < -0.39 is 0 Å². The molecule has 1 heterocycles. The molecule has 0 bridgehead atoms. The highest BCUT2D eigenvalue weighted by Gasteiger charge is 2.23. The minimum absolute atomic E-state index is 0.282. The first-order chi connectivity index (χ1) is 10.2. The summed E-state index contributed by atoms with van der Waals surface area (Å²) in [5.74, 6) is 2.03. The van der Waals surface area contributed by atoms with E-state index in [1.165, 1.54) is 5.56 Å². The molecule has 21 heavy (non-hydrogen) atoms. The molecular weight excluding hydrogens is 286 g/mol. The number of nitrogens with two attached hydrogens (primary N) is 1. The standard InChI is InChI=1S/C16H21NO3S/c1-5-10-6-7-21-16(10)15(17)14-12(19-3)8-11(18-2)9-13(14)20-4/h6-9,15H,5,17H2,1-4H3. The second-order valence-electron chi connectivity index (χ2n) is 4.59. The van der Waals surface area contributed by atoms with Crippen LogP contribution in [0.2, 0.25) is 0 Å². The van der Waals surface area contributed by atoms with Gasteiger partial charge in [0.05, 0.1) is 32.9 Å². The summed E-state index contributed by atoms with van der Waals surface area (Å²) in [6.45, 7) is 2.13. The van der Waals surface area contributed by atoms with Crippen molar-refractivity contribution in [3.63, 3.8) is 0 Å². The molecule has 0 fully saturated rings. The molecule has 0 aliphatic heterocycles. The first-order valence-electron chi connectivity index (χ1n) is 6.77. The predicted molar refractivity (Wildman–Crippen MR) is 85.8 cm³/mol. The number of benzene rings is 1. The summed E-state index contributed by atoms with van der Waals surface area (Å²) in [5, 5.41) is 2.07. The van der Waals surface area contributed by atoms with Crippen LogP contribution in [0.3, 0.4) is 0 Å². The number of rotatable bonds is 6. The Kier molecular flexibility index (Phi) is 5.09. The summed E-state index contributed by atoms with van der Waals surface area (Å²) in [6, 6.07) is 5.49. The van der Waals surface area contributed by atoms with E-state index >= 15 is 0 Å². The Hall–Kier alpha value is -1.72. The van der Waals surface area contributed by atoms with Gasteiger partial charge in [-0.3, -0.25) is 0 Å². The van der Waals surface area contributed by atoms with Gasteiger partial charge in [0, 0.05) is 17.0 Å². The fraction of sp³-hybridized carbons (Fsp3) is 0.375. The van der Waals surface area contributed by atoms with Crippen LogP contribution in [0.15, 0.2) is 23.6 Å².